The Morgan fingerprint density at radius 1 is 1.50 bits per heavy atom. The lowest BCUT2D eigenvalue weighted by Crippen LogP contribution is -2.15. The number of nitrogens with one attached hydrogen (secondary N) is 1. The Morgan fingerprint density at radius 2 is 2.28 bits per heavy atom. The highest BCUT2D eigenvalue weighted by Gasteiger charge is 2.05. The highest BCUT2D eigenvalue weighted by Crippen LogP contribution is 2.18. The molecule has 0 spiro atoms. The van der Waals surface area contributed by atoms with Gasteiger partial charge in [0.25, 0.3) is 0 Å². The van der Waals surface area contributed by atoms with Crippen LogP contribution >= 0.6 is 11.8 Å². The molecule has 0 atom stereocenters. The van der Waals surface area contributed by atoms with Crippen LogP contribution in [-0.4, -0.2) is 29.6 Å². The molecule has 1 aromatic carbocycles. The van der Waals surface area contributed by atoms with Crippen LogP contribution in [0.1, 0.15) is 18.1 Å². The monoisotopic (exact) mass is 263 g/mol. The molecular formula is C14H17NO2S. The predicted molar refractivity (Wildman–Crippen MR) is 76.8 cm³/mol. The van der Waals surface area contributed by atoms with Gasteiger partial charge in [0.2, 0.25) is 5.91 Å². The summed E-state index contributed by atoms with van der Waals surface area (Å²) >= 11 is 1.49. The second-order valence-electron chi connectivity index (χ2n) is 3.67. The van der Waals surface area contributed by atoms with E-state index in [9.17, 15) is 4.79 Å². The van der Waals surface area contributed by atoms with Crippen molar-refractivity contribution in [2.24, 2.45) is 0 Å². The molecule has 0 radical (unpaired) electrons. The Morgan fingerprint density at radius 3 is 2.89 bits per heavy atom. The standard InChI is InChI=1S/C14H17NO2S/c1-3-12-9-11(5-4-8-16)6-7-13(12)15-14(17)10-18-2/h6-7,9,16H,3,8,10H2,1-2H3,(H,15,17). The van der Waals surface area contributed by atoms with Gasteiger partial charge in [0.05, 0.1) is 5.75 Å². The van der Waals surface area contributed by atoms with Crippen molar-refractivity contribution in [3.8, 4) is 11.8 Å². The zero-order chi connectivity index (χ0) is 13.4. The van der Waals surface area contributed by atoms with Gasteiger partial charge in [-0.05, 0) is 36.4 Å². The van der Waals surface area contributed by atoms with Crippen molar-refractivity contribution in [2.75, 3.05) is 23.9 Å². The SMILES string of the molecule is CCc1cc(C#CCO)ccc1NC(=O)CSC. The number of rotatable bonds is 4. The number of amides is 1. The Bertz CT molecular complexity index is 474. The summed E-state index contributed by atoms with van der Waals surface area (Å²) in [7, 11) is 0. The van der Waals surface area contributed by atoms with E-state index in [1.54, 1.807) is 0 Å². The number of hydrogen-bond acceptors (Lipinski definition) is 3. The van der Waals surface area contributed by atoms with Crippen molar-refractivity contribution < 1.29 is 9.90 Å². The number of aliphatic hydroxyl groups excluding tert-OH is 1. The van der Waals surface area contributed by atoms with Gasteiger partial charge in [0.15, 0.2) is 0 Å². The third kappa shape index (κ3) is 4.44. The molecule has 0 aliphatic carbocycles. The molecule has 0 heterocycles. The molecule has 0 fully saturated rings. The van der Waals surface area contributed by atoms with E-state index in [0.29, 0.717) is 5.75 Å². The molecule has 1 aromatic rings. The minimum atomic E-state index is -0.145. The molecule has 0 aromatic heterocycles. The zero-order valence-electron chi connectivity index (χ0n) is 10.6. The van der Waals surface area contributed by atoms with Crippen molar-refractivity contribution in [1.29, 1.82) is 0 Å². The van der Waals surface area contributed by atoms with Crippen LogP contribution in [0.4, 0.5) is 5.69 Å². The summed E-state index contributed by atoms with van der Waals surface area (Å²) in [4.78, 5) is 11.5. The van der Waals surface area contributed by atoms with E-state index in [0.717, 1.165) is 23.2 Å². The quantitative estimate of drug-likeness (QED) is 0.816. The largest absolute Gasteiger partial charge is 0.384 e. The van der Waals surface area contributed by atoms with Gasteiger partial charge in [0, 0.05) is 11.3 Å². The lowest BCUT2D eigenvalue weighted by Gasteiger charge is -2.09. The maximum absolute atomic E-state index is 11.5. The number of thioether (sulfide) groups is 1. The van der Waals surface area contributed by atoms with Crippen molar-refractivity contribution in [3.05, 3.63) is 29.3 Å². The summed E-state index contributed by atoms with van der Waals surface area (Å²) in [5.74, 6) is 5.93. The third-order valence-corrected chi connectivity index (χ3v) is 2.90. The fraction of sp³-hybridized carbons (Fsp3) is 0.357. The topological polar surface area (TPSA) is 49.3 Å². The molecule has 96 valence electrons. The van der Waals surface area contributed by atoms with Gasteiger partial charge in [-0.2, -0.15) is 11.8 Å². The number of carbonyl (C=O) groups is 1. The van der Waals surface area contributed by atoms with Crippen LogP contribution in [0.5, 0.6) is 0 Å². The summed E-state index contributed by atoms with van der Waals surface area (Å²) in [6, 6.07) is 5.65. The number of hydrogen-bond donors (Lipinski definition) is 2. The lowest BCUT2D eigenvalue weighted by atomic mass is 10.1. The van der Waals surface area contributed by atoms with Crippen LogP contribution in [0, 0.1) is 11.8 Å². The van der Waals surface area contributed by atoms with Crippen LogP contribution in [0.15, 0.2) is 18.2 Å². The second kappa shape index (κ2) is 7.80. The van der Waals surface area contributed by atoms with Gasteiger partial charge in [0.1, 0.15) is 6.61 Å². The van der Waals surface area contributed by atoms with Crippen LogP contribution < -0.4 is 5.32 Å². The highest BCUT2D eigenvalue weighted by atomic mass is 32.2. The third-order valence-electron chi connectivity index (χ3n) is 2.35. The van der Waals surface area contributed by atoms with Gasteiger partial charge in [-0.15, -0.1) is 0 Å². The van der Waals surface area contributed by atoms with Crippen molar-refractivity contribution in [2.45, 2.75) is 13.3 Å². The smallest absolute Gasteiger partial charge is 0.234 e. The Balaban J connectivity index is 2.89. The number of benzene rings is 1. The first-order valence-corrected chi connectivity index (χ1v) is 7.12. The highest BCUT2D eigenvalue weighted by molar-refractivity contribution is 7.99. The van der Waals surface area contributed by atoms with E-state index in [2.05, 4.69) is 17.2 Å². The fourth-order valence-electron chi connectivity index (χ4n) is 1.54. The maximum Gasteiger partial charge on any atom is 0.234 e. The molecule has 3 nitrogen and oxygen atoms in total. The van der Waals surface area contributed by atoms with Crippen LogP contribution in [0.3, 0.4) is 0 Å². The predicted octanol–water partition coefficient (Wildman–Crippen LogP) is 1.89. The first-order valence-electron chi connectivity index (χ1n) is 5.72. The number of carbonyl (C=O) groups excluding carboxylic acids is 1. The Kier molecular flexibility index (Phi) is 6.34. The first-order chi connectivity index (χ1) is 8.71. The summed E-state index contributed by atoms with van der Waals surface area (Å²) in [5.41, 5.74) is 2.74. The van der Waals surface area contributed by atoms with Gasteiger partial charge in [-0.3, -0.25) is 4.79 Å². The van der Waals surface area contributed by atoms with E-state index in [4.69, 9.17) is 5.11 Å². The van der Waals surface area contributed by atoms with Gasteiger partial charge < -0.3 is 10.4 Å². The molecule has 1 rings (SSSR count). The molecule has 2 N–H and O–H groups in total. The molecule has 0 bridgehead atoms. The minimum absolute atomic E-state index is 0.00592. The van der Waals surface area contributed by atoms with Crippen molar-refractivity contribution >= 4 is 23.4 Å². The van der Waals surface area contributed by atoms with Crippen LogP contribution in [0.25, 0.3) is 0 Å². The first kappa shape index (κ1) is 14.6. The summed E-state index contributed by atoms with van der Waals surface area (Å²) < 4.78 is 0. The summed E-state index contributed by atoms with van der Waals surface area (Å²) in [6.07, 6.45) is 2.72. The zero-order valence-corrected chi connectivity index (χ0v) is 11.4. The van der Waals surface area contributed by atoms with E-state index < -0.39 is 0 Å². The Hall–Kier alpha value is -1.44. The molecule has 0 saturated carbocycles. The molecule has 0 aliphatic rings. The fourth-order valence-corrected chi connectivity index (χ4v) is 1.88. The molecule has 0 aliphatic heterocycles. The van der Waals surface area contributed by atoms with Gasteiger partial charge >= 0.3 is 0 Å². The van der Waals surface area contributed by atoms with Crippen LogP contribution in [-0.2, 0) is 11.2 Å². The number of aliphatic hydroxyl groups is 1. The normalized spacial score (nSPS) is 9.50. The average Bonchev–Trinajstić information content (AvgIpc) is 2.37. The number of aryl methyl sites for hydroxylation is 1. The molecule has 18 heavy (non-hydrogen) atoms. The van der Waals surface area contributed by atoms with Crippen molar-refractivity contribution in [1.82, 2.24) is 0 Å². The molecule has 4 heteroatoms. The molecule has 0 saturated heterocycles. The van der Waals surface area contributed by atoms with Crippen LogP contribution in [0.2, 0.25) is 0 Å². The summed E-state index contributed by atoms with van der Waals surface area (Å²) in [6.45, 7) is 1.89. The average molecular weight is 263 g/mol. The molecule has 0 unspecified atom stereocenters. The summed E-state index contributed by atoms with van der Waals surface area (Å²) in [5, 5.41) is 11.5. The van der Waals surface area contributed by atoms with Crippen molar-refractivity contribution in [3.63, 3.8) is 0 Å². The minimum Gasteiger partial charge on any atom is -0.384 e. The maximum atomic E-state index is 11.5. The second-order valence-corrected chi connectivity index (χ2v) is 4.53. The molecule has 1 amide bonds. The number of anilines is 1. The van der Waals surface area contributed by atoms with E-state index >= 15 is 0 Å². The molecular weight excluding hydrogens is 246 g/mol. The lowest BCUT2D eigenvalue weighted by molar-refractivity contribution is -0.113. The Labute approximate surface area is 112 Å². The van der Waals surface area contributed by atoms with E-state index in [-0.39, 0.29) is 12.5 Å². The van der Waals surface area contributed by atoms with Gasteiger partial charge in [-0.1, -0.05) is 18.8 Å². The van der Waals surface area contributed by atoms with E-state index in [1.165, 1.54) is 11.8 Å². The van der Waals surface area contributed by atoms with Gasteiger partial charge in [-0.25, -0.2) is 0 Å². The van der Waals surface area contributed by atoms with E-state index in [1.807, 2.05) is 31.4 Å².